The van der Waals surface area contributed by atoms with Gasteiger partial charge in [0.1, 0.15) is 29.7 Å². The molecular formula is C24H22FN5O3S. The molecule has 0 unspecified atom stereocenters. The third kappa shape index (κ3) is 6.26. The Bertz CT molecular complexity index is 1260. The monoisotopic (exact) mass is 479 g/mol. The van der Waals surface area contributed by atoms with Gasteiger partial charge in [-0.25, -0.2) is 9.07 Å². The number of nitrogens with one attached hydrogen (secondary N) is 1. The number of hydrogen-bond donors (Lipinski definition) is 2. The van der Waals surface area contributed by atoms with Gasteiger partial charge in [0, 0.05) is 5.69 Å². The Morgan fingerprint density at radius 3 is 2.50 bits per heavy atom. The Balaban J connectivity index is 1.25. The fraction of sp³-hybridized carbons (Fsp3) is 0.125. The summed E-state index contributed by atoms with van der Waals surface area (Å²) in [5.74, 6) is 7.80. The van der Waals surface area contributed by atoms with E-state index in [9.17, 15) is 9.18 Å². The Morgan fingerprint density at radius 1 is 1.03 bits per heavy atom. The number of aromatic nitrogens is 3. The second-order valence-electron chi connectivity index (χ2n) is 7.29. The molecule has 1 aromatic heterocycles. The molecule has 8 nitrogen and oxygen atoms in total. The van der Waals surface area contributed by atoms with Gasteiger partial charge in [-0.1, -0.05) is 23.9 Å². The zero-order chi connectivity index (χ0) is 23.9. The summed E-state index contributed by atoms with van der Waals surface area (Å²) in [5.41, 5.74) is 1.75. The number of nitrogen functional groups attached to an aromatic ring is 1. The summed E-state index contributed by atoms with van der Waals surface area (Å²) in [6, 6.07) is 20.5. The largest absolute Gasteiger partial charge is 0.486 e. The molecule has 174 valence electrons. The van der Waals surface area contributed by atoms with Crippen molar-refractivity contribution in [1.29, 1.82) is 0 Å². The highest BCUT2D eigenvalue weighted by atomic mass is 32.2. The second-order valence-corrected chi connectivity index (χ2v) is 8.23. The smallest absolute Gasteiger partial charge is 0.234 e. The summed E-state index contributed by atoms with van der Waals surface area (Å²) in [7, 11) is 0. The van der Waals surface area contributed by atoms with Gasteiger partial charge in [-0.05, 0) is 73.2 Å². The molecule has 0 atom stereocenters. The van der Waals surface area contributed by atoms with Crippen LogP contribution in [0.15, 0.2) is 78.0 Å². The Labute approximate surface area is 199 Å². The van der Waals surface area contributed by atoms with Gasteiger partial charge in [-0.2, -0.15) is 0 Å². The molecule has 0 spiro atoms. The third-order valence-corrected chi connectivity index (χ3v) is 5.56. The molecule has 10 heteroatoms. The number of carbonyl (C=O) groups excluding carboxylic acids is 1. The van der Waals surface area contributed by atoms with Gasteiger partial charge >= 0.3 is 0 Å². The molecule has 3 aromatic carbocycles. The van der Waals surface area contributed by atoms with Crippen molar-refractivity contribution in [1.82, 2.24) is 14.9 Å². The average Bonchev–Trinajstić information content (AvgIpc) is 3.18. The summed E-state index contributed by atoms with van der Waals surface area (Å²) in [5, 5.41) is 11.2. The van der Waals surface area contributed by atoms with Gasteiger partial charge in [0.2, 0.25) is 11.1 Å². The maximum atomic E-state index is 13.0. The van der Waals surface area contributed by atoms with E-state index in [0.29, 0.717) is 28.2 Å². The van der Waals surface area contributed by atoms with E-state index in [1.165, 1.54) is 28.9 Å². The van der Waals surface area contributed by atoms with Gasteiger partial charge in [-0.3, -0.25) is 4.79 Å². The summed E-state index contributed by atoms with van der Waals surface area (Å²) in [6.45, 7) is 2.05. The minimum absolute atomic E-state index is 0.0544. The van der Waals surface area contributed by atoms with Crippen LogP contribution >= 0.6 is 11.8 Å². The van der Waals surface area contributed by atoms with Crippen LogP contribution in [0.4, 0.5) is 10.1 Å². The standard InChI is InChI=1S/C24H22FN5O3S/c1-16-3-2-4-21(13-16)33-20-11-7-18(8-12-20)27-23(31)15-34-24-29-28-22(30(24)26)14-32-19-9-5-17(25)6-10-19/h2-13H,14-15,26H2,1H3,(H,27,31). The van der Waals surface area contributed by atoms with Crippen molar-refractivity contribution in [3.8, 4) is 17.2 Å². The van der Waals surface area contributed by atoms with E-state index in [1.54, 1.807) is 24.3 Å². The zero-order valence-electron chi connectivity index (χ0n) is 18.3. The molecule has 0 radical (unpaired) electrons. The molecule has 0 aliphatic carbocycles. The number of carbonyl (C=O) groups is 1. The van der Waals surface area contributed by atoms with Crippen molar-refractivity contribution in [3.63, 3.8) is 0 Å². The Morgan fingerprint density at radius 2 is 1.76 bits per heavy atom. The van der Waals surface area contributed by atoms with E-state index >= 15 is 0 Å². The fourth-order valence-corrected chi connectivity index (χ4v) is 3.61. The van der Waals surface area contributed by atoms with Crippen LogP contribution < -0.4 is 20.6 Å². The number of amides is 1. The molecule has 0 bridgehead atoms. The molecule has 0 aliphatic heterocycles. The number of anilines is 1. The SMILES string of the molecule is Cc1cccc(Oc2ccc(NC(=O)CSc3nnc(COc4ccc(F)cc4)n3N)cc2)c1. The summed E-state index contributed by atoms with van der Waals surface area (Å²) >= 11 is 1.15. The first kappa shape index (κ1) is 23.1. The molecule has 3 N–H and O–H groups in total. The Kier molecular flexibility index (Phi) is 7.28. The number of rotatable bonds is 9. The molecule has 4 rings (SSSR count). The van der Waals surface area contributed by atoms with Gasteiger partial charge in [-0.15, -0.1) is 10.2 Å². The van der Waals surface area contributed by atoms with Gasteiger partial charge in [0.25, 0.3) is 0 Å². The number of hydrogen-bond acceptors (Lipinski definition) is 7. The fourth-order valence-electron chi connectivity index (χ4n) is 2.93. The zero-order valence-corrected chi connectivity index (χ0v) is 19.1. The highest BCUT2D eigenvalue weighted by molar-refractivity contribution is 7.99. The number of benzene rings is 3. The normalized spacial score (nSPS) is 10.6. The van der Waals surface area contributed by atoms with E-state index in [0.717, 1.165) is 23.1 Å². The molecule has 1 heterocycles. The van der Waals surface area contributed by atoms with Gasteiger partial charge in [0.05, 0.1) is 5.75 Å². The molecular weight excluding hydrogens is 457 g/mol. The molecule has 0 saturated heterocycles. The van der Waals surface area contributed by atoms with E-state index in [4.69, 9.17) is 15.3 Å². The highest BCUT2D eigenvalue weighted by Crippen LogP contribution is 2.24. The molecule has 0 saturated carbocycles. The number of nitrogens with two attached hydrogens (primary N) is 1. The van der Waals surface area contributed by atoms with Crippen molar-refractivity contribution < 1.29 is 18.7 Å². The first-order chi connectivity index (χ1) is 16.5. The number of ether oxygens (including phenoxy) is 2. The lowest BCUT2D eigenvalue weighted by Crippen LogP contribution is -2.18. The first-order valence-corrected chi connectivity index (χ1v) is 11.3. The van der Waals surface area contributed by atoms with Crippen molar-refractivity contribution in [2.24, 2.45) is 0 Å². The van der Waals surface area contributed by atoms with Gasteiger partial charge in [0.15, 0.2) is 5.82 Å². The van der Waals surface area contributed by atoms with Crippen LogP contribution in [-0.2, 0) is 11.4 Å². The number of halogens is 1. The lowest BCUT2D eigenvalue weighted by molar-refractivity contribution is -0.113. The van der Waals surface area contributed by atoms with E-state index in [1.807, 2.05) is 31.2 Å². The van der Waals surface area contributed by atoms with Crippen LogP contribution in [0, 0.1) is 12.7 Å². The summed E-state index contributed by atoms with van der Waals surface area (Å²) < 4.78 is 25.6. The van der Waals surface area contributed by atoms with E-state index in [2.05, 4.69) is 15.5 Å². The van der Waals surface area contributed by atoms with Crippen molar-refractivity contribution in [2.75, 3.05) is 16.9 Å². The number of aryl methyl sites for hydroxylation is 1. The molecule has 4 aromatic rings. The predicted molar refractivity (Wildman–Crippen MR) is 128 cm³/mol. The summed E-state index contributed by atoms with van der Waals surface area (Å²) in [6.07, 6.45) is 0. The van der Waals surface area contributed by atoms with Crippen LogP contribution in [0.1, 0.15) is 11.4 Å². The first-order valence-electron chi connectivity index (χ1n) is 10.3. The second kappa shape index (κ2) is 10.7. The highest BCUT2D eigenvalue weighted by Gasteiger charge is 2.13. The maximum absolute atomic E-state index is 13.0. The molecule has 0 fully saturated rings. The van der Waals surface area contributed by atoms with E-state index in [-0.39, 0.29) is 24.1 Å². The van der Waals surface area contributed by atoms with Crippen LogP contribution in [-0.4, -0.2) is 26.5 Å². The minimum Gasteiger partial charge on any atom is -0.486 e. The summed E-state index contributed by atoms with van der Waals surface area (Å²) in [4.78, 5) is 12.3. The minimum atomic E-state index is -0.349. The lowest BCUT2D eigenvalue weighted by atomic mass is 10.2. The van der Waals surface area contributed by atoms with Crippen LogP contribution in [0.3, 0.4) is 0 Å². The molecule has 0 aliphatic rings. The van der Waals surface area contributed by atoms with Crippen molar-refractivity contribution in [2.45, 2.75) is 18.7 Å². The van der Waals surface area contributed by atoms with Crippen LogP contribution in [0.2, 0.25) is 0 Å². The van der Waals surface area contributed by atoms with Crippen LogP contribution in [0.25, 0.3) is 0 Å². The number of thioether (sulfide) groups is 1. The third-order valence-electron chi connectivity index (χ3n) is 4.61. The van der Waals surface area contributed by atoms with Crippen LogP contribution in [0.5, 0.6) is 17.2 Å². The van der Waals surface area contributed by atoms with E-state index < -0.39 is 0 Å². The van der Waals surface area contributed by atoms with Crippen molar-refractivity contribution >= 4 is 23.4 Å². The lowest BCUT2D eigenvalue weighted by Gasteiger charge is -2.09. The Hall–Kier alpha value is -4.05. The molecule has 34 heavy (non-hydrogen) atoms. The average molecular weight is 480 g/mol. The predicted octanol–water partition coefficient (Wildman–Crippen LogP) is 4.54. The number of nitrogens with zero attached hydrogens (tertiary/aromatic N) is 3. The topological polar surface area (TPSA) is 104 Å². The van der Waals surface area contributed by atoms with Gasteiger partial charge < -0.3 is 20.6 Å². The maximum Gasteiger partial charge on any atom is 0.234 e. The van der Waals surface area contributed by atoms with Crippen molar-refractivity contribution in [3.05, 3.63) is 90.0 Å². The quantitative estimate of drug-likeness (QED) is 0.268. The molecule has 1 amide bonds.